The van der Waals surface area contributed by atoms with E-state index < -0.39 is 12.0 Å². The quantitative estimate of drug-likeness (QED) is 0.910. The number of thioether (sulfide) groups is 1. The summed E-state index contributed by atoms with van der Waals surface area (Å²) in [5, 5.41) is 9.17. The van der Waals surface area contributed by atoms with Crippen molar-refractivity contribution in [1.82, 2.24) is 4.90 Å². The molecule has 0 bridgehead atoms. The number of nitrogens with zero attached hydrogens (tertiary/aromatic N) is 1. The molecule has 0 spiro atoms. The van der Waals surface area contributed by atoms with E-state index in [4.69, 9.17) is 0 Å². The van der Waals surface area contributed by atoms with E-state index in [2.05, 4.69) is 0 Å². The highest BCUT2D eigenvalue weighted by atomic mass is 32.2. The fraction of sp³-hybridized carbons (Fsp3) is 0.467. The maximum atomic E-state index is 12.8. The van der Waals surface area contributed by atoms with E-state index in [-0.39, 0.29) is 11.3 Å². The molecule has 1 N–H and O–H groups in total. The fourth-order valence-corrected chi connectivity index (χ4v) is 3.96. The van der Waals surface area contributed by atoms with Gasteiger partial charge in [-0.3, -0.25) is 4.79 Å². The molecule has 1 amide bonds. The van der Waals surface area contributed by atoms with Crippen LogP contribution in [0.4, 0.5) is 0 Å². The van der Waals surface area contributed by atoms with Crippen LogP contribution in [0.1, 0.15) is 34.0 Å². The van der Waals surface area contributed by atoms with Crippen molar-refractivity contribution < 1.29 is 14.7 Å². The van der Waals surface area contributed by atoms with Gasteiger partial charge in [0, 0.05) is 11.3 Å². The highest BCUT2D eigenvalue weighted by Gasteiger charge is 2.40. The van der Waals surface area contributed by atoms with Gasteiger partial charge in [0.15, 0.2) is 0 Å². The molecular weight excluding hydrogens is 274 g/mol. The lowest BCUT2D eigenvalue weighted by Crippen LogP contribution is -2.45. The Morgan fingerprint density at radius 1 is 1.25 bits per heavy atom. The highest BCUT2D eigenvalue weighted by molar-refractivity contribution is 8.00. The third-order valence-electron chi connectivity index (χ3n) is 3.63. The van der Waals surface area contributed by atoms with Crippen molar-refractivity contribution in [2.45, 2.75) is 39.1 Å². The average Bonchev–Trinajstić information content (AvgIpc) is 2.69. The number of aliphatic carboxylic acids is 1. The van der Waals surface area contributed by atoms with Crippen molar-refractivity contribution in [3.05, 3.63) is 34.4 Å². The molecule has 1 heterocycles. The summed E-state index contributed by atoms with van der Waals surface area (Å²) >= 11 is 1.50. The van der Waals surface area contributed by atoms with Crippen LogP contribution in [0, 0.1) is 20.8 Å². The lowest BCUT2D eigenvalue weighted by molar-refractivity contribution is -0.141. The molecule has 2 unspecified atom stereocenters. The van der Waals surface area contributed by atoms with E-state index in [9.17, 15) is 14.7 Å². The summed E-state index contributed by atoms with van der Waals surface area (Å²) in [6, 6.07) is 3.19. The molecule has 1 aromatic rings. The minimum absolute atomic E-state index is 0.108. The van der Waals surface area contributed by atoms with Crippen LogP contribution in [0.5, 0.6) is 0 Å². The first-order valence-electron chi connectivity index (χ1n) is 6.58. The van der Waals surface area contributed by atoms with Crippen molar-refractivity contribution in [2.75, 3.05) is 5.75 Å². The van der Waals surface area contributed by atoms with Gasteiger partial charge in [0.2, 0.25) is 0 Å². The molecule has 1 fully saturated rings. The molecule has 1 saturated heterocycles. The molecule has 1 aliphatic heterocycles. The van der Waals surface area contributed by atoms with E-state index in [0.29, 0.717) is 11.3 Å². The molecule has 0 aromatic heterocycles. The number of benzene rings is 1. The lowest BCUT2D eigenvalue weighted by atomic mass is 9.98. The monoisotopic (exact) mass is 293 g/mol. The van der Waals surface area contributed by atoms with Gasteiger partial charge in [-0.1, -0.05) is 17.7 Å². The first-order chi connectivity index (χ1) is 9.32. The molecule has 2 rings (SSSR count). The van der Waals surface area contributed by atoms with E-state index in [0.717, 1.165) is 16.7 Å². The van der Waals surface area contributed by atoms with Crippen LogP contribution in [0.25, 0.3) is 0 Å². The number of rotatable bonds is 2. The Morgan fingerprint density at radius 3 is 2.30 bits per heavy atom. The zero-order valence-corrected chi connectivity index (χ0v) is 13.0. The Hall–Kier alpha value is -1.49. The Balaban J connectivity index is 2.43. The van der Waals surface area contributed by atoms with E-state index in [1.807, 2.05) is 39.8 Å². The van der Waals surface area contributed by atoms with Gasteiger partial charge in [-0.15, -0.1) is 11.8 Å². The predicted molar refractivity (Wildman–Crippen MR) is 80.2 cm³/mol. The number of aryl methyl sites for hydroxylation is 3. The number of carbonyl (C=O) groups excluding carboxylic acids is 1. The maximum Gasteiger partial charge on any atom is 0.327 e. The van der Waals surface area contributed by atoms with Gasteiger partial charge >= 0.3 is 5.97 Å². The van der Waals surface area contributed by atoms with Crippen LogP contribution < -0.4 is 0 Å². The molecule has 1 aliphatic rings. The van der Waals surface area contributed by atoms with Crippen molar-refractivity contribution in [3.8, 4) is 0 Å². The van der Waals surface area contributed by atoms with Crippen molar-refractivity contribution >= 4 is 23.6 Å². The summed E-state index contributed by atoms with van der Waals surface area (Å²) in [6.45, 7) is 7.67. The van der Waals surface area contributed by atoms with Crippen LogP contribution in [-0.2, 0) is 4.79 Å². The zero-order valence-electron chi connectivity index (χ0n) is 12.1. The van der Waals surface area contributed by atoms with Gasteiger partial charge in [-0.2, -0.15) is 0 Å². The summed E-state index contributed by atoms with van der Waals surface area (Å²) in [6.07, 6.45) is 0. The van der Waals surface area contributed by atoms with Gasteiger partial charge in [0.25, 0.3) is 5.91 Å². The smallest absolute Gasteiger partial charge is 0.327 e. The summed E-state index contributed by atoms with van der Waals surface area (Å²) < 4.78 is 0. The number of carboxylic acid groups (broad SMARTS) is 1. The molecule has 0 radical (unpaired) electrons. The first kappa shape index (κ1) is 14.9. The lowest BCUT2D eigenvalue weighted by Gasteiger charge is -2.26. The molecule has 2 atom stereocenters. The number of amides is 1. The molecule has 4 nitrogen and oxygen atoms in total. The second kappa shape index (κ2) is 5.48. The van der Waals surface area contributed by atoms with Crippen LogP contribution >= 0.6 is 11.8 Å². The van der Waals surface area contributed by atoms with Crippen molar-refractivity contribution in [3.63, 3.8) is 0 Å². The predicted octanol–water partition coefficient (Wildman–Crippen LogP) is 2.60. The van der Waals surface area contributed by atoms with Gasteiger partial charge in [-0.25, -0.2) is 4.79 Å². The SMILES string of the molecule is Cc1cc(C)c(C(=O)N2C(C)SCC2C(=O)O)c(C)c1. The van der Waals surface area contributed by atoms with Crippen molar-refractivity contribution in [1.29, 1.82) is 0 Å². The standard InChI is InChI=1S/C15H19NO3S/c1-8-5-9(2)13(10(3)6-8)14(17)16-11(4)20-7-12(16)15(18)19/h5-6,11-12H,7H2,1-4H3,(H,18,19). The molecular formula is C15H19NO3S. The number of hydrogen-bond donors (Lipinski definition) is 1. The third kappa shape index (κ3) is 2.54. The molecule has 20 heavy (non-hydrogen) atoms. The first-order valence-corrected chi connectivity index (χ1v) is 7.62. The normalized spacial score (nSPS) is 22.1. The van der Waals surface area contributed by atoms with E-state index in [1.54, 1.807) is 0 Å². The van der Waals surface area contributed by atoms with E-state index in [1.165, 1.54) is 16.7 Å². The number of carboxylic acids is 1. The second-order valence-electron chi connectivity index (χ2n) is 5.27. The van der Waals surface area contributed by atoms with Crippen LogP contribution in [0.3, 0.4) is 0 Å². The number of hydrogen-bond acceptors (Lipinski definition) is 3. The van der Waals surface area contributed by atoms with Gasteiger partial charge in [0.05, 0.1) is 5.37 Å². The number of carbonyl (C=O) groups is 2. The van der Waals surface area contributed by atoms with E-state index >= 15 is 0 Å². The van der Waals surface area contributed by atoms with Gasteiger partial charge < -0.3 is 10.0 Å². The Labute approximate surface area is 123 Å². The Kier molecular flexibility index (Phi) is 4.09. The Bertz CT molecular complexity index is 547. The molecule has 0 aliphatic carbocycles. The average molecular weight is 293 g/mol. The maximum absolute atomic E-state index is 12.8. The summed E-state index contributed by atoms with van der Waals surface area (Å²) in [7, 11) is 0. The summed E-state index contributed by atoms with van der Waals surface area (Å²) in [5.74, 6) is -0.658. The molecule has 5 heteroatoms. The molecule has 1 aromatic carbocycles. The van der Waals surface area contributed by atoms with Crippen molar-refractivity contribution in [2.24, 2.45) is 0 Å². The third-order valence-corrected chi connectivity index (χ3v) is 4.85. The summed E-state index contributed by atoms with van der Waals surface area (Å²) in [4.78, 5) is 25.6. The van der Waals surface area contributed by atoms with Crippen LogP contribution in [0.15, 0.2) is 12.1 Å². The Morgan fingerprint density at radius 2 is 1.80 bits per heavy atom. The van der Waals surface area contributed by atoms with Gasteiger partial charge in [0.1, 0.15) is 6.04 Å². The van der Waals surface area contributed by atoms with Gasteiger partial charge in [-0.05, 0) is 38.8 Å². The highest BCUT2D eigenvalue weighted by Crippen LogP contribution is 2.31. The largest absolute Gasteiger partial charge is 0.480 e. The fourth-order valence-electron chi connectivity index (χ4n) is 2.79. The second-order valence-corrected chi connectivity index (χ2v) is 6.62. The van der Waals surface area contributed by atoms with Crippen LogP contribution in [-0.4, -0.2) is 39.1 Å². The zero-order chi connectivity index (χ0) is 15.0. The minimum atomic E-state index is -0.933. The molecule has 0 saturated carbocycles. The summed E-state index contributed by atoms with van der Waals surface area (Å²) in [5.41, 5.74) is 3.55. The topological polar surface area (TPSA) is 57.6 Å². The van der Waals surface area contributed by atoms with Crippen LogP contribution in [0.2, 0.25) is 0 Å². The molecule has 108 valence electrons. The minimum Gasteiger partial charge on any atom is -0.480 e.